The van der Waals surface area contributed by atoms with Crippen LogP contribution in [0.2, 0.25) is 0 Å². The minimum Gasteiger partial charge on any atom is -0.346 e. The van der Waals surface area contributed by atoms with Gasteiger partial charge in [0.05, 0.1) is 12.6 Å². The van der Waals surface area contributed by atoms with Gasteiger partial charge in [0.2, 0.25) is 11.8 Å². The van der Waals surface area contributed by atoms with E-state index < -0.39 is 0 Å². The molecule has 1 aliphatic rings. The van der Waals surface area contributed by atoms with Gasteiger partial charge in [-0.05, 0) is 31.9 Å². The van der Waals surface area contributed by atoms with Crippen LogP contribution in [-0.2, 0) is 16.1 Å². The van der Waals surface area contributed by atoms with Gasteiger partial charge in [0.25, 0.3) is 0 Å². The molecular weight excluding hydrogens is 314 g/mol. The molecule has 0 spiro atoms. The highest BCUT2D eigenvalue weighted by Crippen LogP contribution is 2.07. The number of nitrogens with zero attached hydrogens (tertiary/aromatic N) is 1. The number of hydrogen-bond donors (Lipinski definition) is 2. The van der Waals surface area contributed by atoms with Gasteiger partial charge in [0.15, 0.2) is 0 Å². The van der Waals surface area contributed by atoms with Gasteiger partial charge in [-0.25, -0.2) is 0 Å². The first-order valence-electron chi connectivity index (χ1n) is 8.03. The van der Waals surface area contributed by atoms with E-state index in [9.17, 15) is 9.59 Å². The average Bonchev–Trinajstić information content (AvgIpc) is 2.59. The van der Waals surface area contributed by atoms with Crippen LogP contribution in [0.15, 0.2) is 30.3 Å². The number of hydrogen-bond acceptors (Lipinski definition) is 3. The van der Waals surface area contributed by atoms with E-state index in [1.54, 1.807) is 4.90 Å². The second kappa shape index (κ2) is 10.2. The standard InChI is InChI=1S/C17H25N3O2.ClH/c1-2-20(13-14-8-4-3-5-9-14)16(21)12-19-17(22)15-10-6-7-11-18-15;/h3-5,8-9,15,18H,2,6-7,10-13H2,1H3,(H,19,22);1H. The van der Waals surface area contributed by atoms with Crippen LogP contribution in [0.3, 0.4) is 0 Å². The SMILES string of the molecule is CCN(Cc1ccccc1)C(=O)CNC(=O)C1CCCCN1.Cl. The summed E-state index contributed by atoms with van der Waals surface area (Å²) in [5.74, 6) is -0.112. The Hall–Kier alpha value is -1.59. The van der Waals surface area contributed by atoms with Crippen molar-refractivity contribution in [2.75, 3.05) is 19.6 Å². The molecule has 1 aromatic carbocycles. The molecule has 0 radical (unpaired) electrons. The Kier molecular flexibility index (Phi) is 8.66. The molecular formula is C17H26ClN3O2. The maximum Gasteiger partial charge on any atom is 0.242 e. The number of nitrogens with one attached hydrogen (secondary N) is 2. The van der Waals surface area contributed by atoms with Gasteiger partial charge in [0.1, 0.15) is 0 Å². The van der Waals surface area contributed by atoms with Crippen LogP contribution in [0.25, 0.3) is 0 Å². The Balaban J connectivity index is 0.00000264. The van der Waals surface area contributed by atoms with Crippen molar-refractivity contribution in [3.8, 4) is 0 Å². The van der Waals surface area contributed by atoms with Crippen molar-refractivity contribution < 1.29 is 9.59 Å². The molecule has 5 nitrogen and oxygen atoms in total. The van der Waals surface area contributed by atoms with E-state index in [0.717, 1.165) is 31.4 Å². The Morgan fingerprint density at radius 2 is 2.00 bits per heavy atom. The minimum atomic E-state index is -0.147. The van der Waals surface area contributed by atoms with E-state index in [-0.39, 0.29) is 36.8 Å². The average molecular weight is 340 g/mol. The number of carbonyl (C=O) groups excluding carboxylic acids is 2. The van der Waals surface area contributed by atoms with E-state index in [0.29, 0.717) is 13.1 Å². The highest BCUT2D eigenvalue weighted by atomic mass is 35.5. The van der Waals surface area contributed by atoms with E-state index in [4.69, 9.17) is 0 Å². The summed E-state index contributed by atoms with van der Waals surface area (Å²) in [7, 11) is 0. The lowest BCUT2D eigenvalue weighted by atomic mass is 10.0. The predicted octanol–water partition coefficient (Wildman–Crippen LogP) is 1.72. The van der Waals surface area contributed by atoms with E-state index >= 15 is 0 Å². The molecule has 128 valence electrons. The summed E-state index contributed by atoms with van der Waals surface area (Å²) in [6.45, 7) is 4.10. The highest BCUT2D eigenvalue weighted by molar-refractivity contribution is 5.87. The zero-order valence-electron chi connectivity index (χ0n) is 13.6. The summed E-state index contributed by atoms with van der Waals surface area (Å²) in [6.07, 6.45) is 3.03. The van der Waals surface area contributed by atoms with Crippen molar-refractivity contribution in [1.29, 1.82) is 0 Å². The highest BCUT2D eigenvalue weighted by Gasteiger charge is 2.21. The fraction of sp³-hybridized carbons (Fsp3) is 0.529. The number of piperidine rings is 1. The Morgan fingerprint density at radius 1 is 1.26 bits per heavy atom. The van der Waals surface area contributed by atoms with Crippen LogP contribution in [-0.4, -0.2) is 42.4 Å². The second-order valence-electron chi connectivity index (χ2n) is 5.61. The van der Waals surface area contributed by atoms with Crippen molar-refractivity contribution in [2.24, 2.45) is 0 Å². The monoisotopic (exact) mass is 339 g/mol. The lowest BCUT2D eigenvalue weighted by Crippen LogP contribution is -2.49. The van der Waals surface area contributed by atoms with Crippen LogP contribution in [0.4, 0.5) is 0 Å². The smallest absolute Gasteiger partial charge is 0.242 e. The predicted molar refractivity (Wildman–Crippen MR) is 93.4 cm³/mol. The molecule has 1 unspecified atom stereocenters. The second-order valence-corrected chi connectivity index (χ2v) is 5.61. The van der Waals surface area contributed by atoms with Gasteiger partial charge < -0.3 is 15.5 Å². The van der Waals surface area contributed by atoms with Crippen LogP contribution in [0, 0.1) is 0 Å². The lowest BCUT2D eigenvalue weighted by Gasteiger charge is -2.24. The first kappa shape index (κ1) is 19.5. The zero-order valence-corrected chi connectivity index (χ0v) is 14.4. The van der Waals surface area contributed by atoms with Crippen molar-refractivity contribution in [3.63, 3.8) is 0 Å². The van der Waals surface area contributed by atoms with Gasteiger partial charge in [-0.2, -0.15) is 0 Å². The molecule has 1 saturated heterocycles. The molecule has 1 heterocycles. The molecule has 2 amide bonds. The maximum absolute atomic E-state index is 12.3. The lowest BCUT2D eigenvalue weighted by molar-refractivity contribution is -0.133. The van der Waals surface area contributed by atoms with E-state index in [1.165, 1.54) is 0 Å². The van der Waals surface area contributed by atoms with Crippen LogP contribution in [0.1, 0.15) is 31.7 Å². The fourth-order valence-corrected chi connectivity index (χ4v) is 2.65. The normalized spacial score (nSPS) is 17.0. The zero-order chi connectivity index (χ0) is 15.8. The molecule has 0 aliphatic carbocycles. The molecule has 2 rings (SSSR count). The van der Waals surface area contributed by atoms with E-state index in [2.05, 4.69) is 10.6 Å². The number of benzene rings is 1. The van der Waals surface area contributed by atoms with Crippen molar-refractivity contribution in [1.82, 2.24) is 15.5 Å². The number of rotatable bonds is 6. The molecule has 0 bridgehead atoms. The molecule has 1 fully saturated rings. The summed E-state index contributed by atoms with van der Waals surface area (Å²) >= 11 is 0. The van der Waals surface area contributed by atoms with Crippen molar-refractivity contribution in [2.45, 2.75) is 38.8 Å². The van der Waals surface area contributed by atoms with Gasteiger partial charge in [-0.15, -0.1) is 12.4 Å². The molecule has 0 saturated carbocycles. The number of amides is 2. The first-order chi connectivity index (χ1) is 10.7. The van der Waals surface area contributed by atoms with Crippen LogP contribution >= 0.6 is 12.4 Å². The topological polar surface area (TPSA) is 61.4 Å². The molecule has 1 aliphatic heterocycles. The number of likely N-dealkylation sites (N-methyl/N-ethyl adjacent to an activating group) is 1. The molecule has 1 aromatic rings. The van der Waals surface area contributed by atoms with Gasteiger partial charge >= 0.3 is 0 Å². The third-order valence-corrected chi connectivity index (χ3v) is 3.99. The van der Waals surface area contributed by atoms with Crippen molar-refractivity contribution in [3.05, 3.63) is 35.9 Å². The summed E-state index contributed by atoms with van der Waals surface area (Å²) < 4.78 is 0. The van der Waals surface area contributed by atoms with E-state index in [1.807, 2.05) is 37.3 Å². The Morgan fingerprint density at radius 3 is 2.61 bits per heavy atom. The fourth-order valence-electron chi connectivity index (χ4n) is 2.65. The molecule has 0 aromatic heterocycles. The van der Waals surface area contributed by atoms with Gasteiger partial charge in [0, 0.05) is 13.1 Å². The number of halogens is 1. The molecule has 6 heteroatoms. The van der Waals surface area contributed by atoms with Gasteiger partial charge in [-0.3, -0.25) is 9.59 Å². The third-order valence-electron chi connectivity index (χ3n) is 3.99. The molecule has 23 heavy (non-hydrogen) atoms. The first-order valence-corrected chi connectivity index (χ1v) is 8.03. The quantitative estimate of drug-likeness (QED) is 0.829. The Labute approximate surface area is 144 Å². The summed E-state index contributed by atoms with van der Waals surface area (Å²) in [4.78, 5) is 26.0. The Bertz CT molecular complexity index is 490. The molecule has 2 N–H and O–H groups in total. The van der Waals surface area contributed by atoms with Crippen LogP contribution < -0.4 is 10.6 Å². The maximum atomic E-state index is 12.3. The van der Waals surface area contributed by atoms with Gasteiger partial charge in [-0.1, -0.05) is 36.8 Å². The summed E-state index contributed by atoms with van der Waals surface area (Å²) in [5, 5.41) is 5.95. The van der Waals surface area contributed by atoms with Crippen LogP contribution in [0.5, 0.6) is 0 Å². The summed E-state index contributed by atoms with van der Waals surface area (Å²) in [5.41, 5.74) is 1.10. The third kappa shape index (κ3) is 6.20. The molecule has 1 atom stereocenters. The van der Waals surface area contributed by atoms with Crippen molar-refractivity contribution >= 4 is 24.2 Å². The number of carbonyl (C=O) groups is 2. The summed E-state index contributed by atoms with van der Waals surface area (Å²) in [6, 6.07) is 9.74. The largest absolute Gasteiger partial charge is 0.346 e. The minimum absolute atomic E-state index is 0.